The predicted molar refractivity (Wildman–Crippen MR) is 102 cm³/mol. The smallest absolute Gasteiger partial charge is 0.326 e. The van der Waals surface area contributed by atoms with E-state index in [1.54, 1.807) is 11.8 Å². The Hall–Kier alpha value is -2.37. The summed E-state index contributed by atoms with van der Waals surface area (Å²) in [5.41, 5.74) is 2.73. The lowest BCUT2D eigenvalue weighted by Crippen LogP contribution is -2.51. The Bertz CT molecular complexity index is 736. The third-order valence-electron chi connectivity index (χ3n) is 5.50. The van der Waals surface area contributed by atoms with Gasteiger partial charge in [-0.15, -0.1) is 0 Å². The van der Waals surface area contributed by atoms with Gasteiger partial charge < -0.3 is 14.9 Å². The summed E-state index contributed by atoms with van der Waals surface area (Å²) in [5.74, 6) is -1.47. The van der Waals surface area contributed by atoms with Crippen LogP contribution < -0.4 is 0 Å². The SMILES string of the molecule is Cc1cc(C)cc(C(=O)N2CCCC(C(=O)N(C3CC3)C(C)C(=O)O)C2)c1. The highest BCUT2D eigenvalue weighted by Crippen LogP contribution is 2.32. The quantitative estimate of drug-likeness (QED) is 0.862. The zero-order chi connectivity index (χ0) is 19.7. The molecule has 2 amide bonds. The molecule has 1 aromatic carbocycles. The van der Waals surface area contributed by atoms with Crippen molar-refractivity contribution in [1.29, 1.82) is 0 Å². The number of carbonyl (C=O) groups is 3. The zero-order valence-electron chi connectivity index (χ0n) is 16.3. The van der Waals surface area contributed by atoms with Gasteiger partial charge in [0.05, 0.1) is 5.92 Å². The van der Waals surface area contributed by atoms with Gasteiger partial charge in [-0.1, -0.05) is 17.2 Å². The summed E-state index contributed by atoms with van der Waals surface area (Å²) in [4.78, 5) is 40.7. The first kappa shape index (κ1) is 19.4. The topological polar surface area (TPSA) is 77.9 Å². The number of aryl methyl sites for hydroxylation is 2. The van der Waals surface area contributed by atoms with Crippen LogP contribution in [0.5, 0.6) is 0 Å². The van der Waals surface area contributed by atoms with Crippen LogP contribution in [0, 0.1) is 19.8 Å². The zero-order valence-corrected chi connectivity index (χ0v) is 16.3. The van der Waals surface area contributed by atoms with Gasteiger partial charge in [0.2, 0.25) is 5.91 Å². The summed E-state index contributed by atoms with van der Waals surface area (Å²) >= 11 is 0. The summed E-state index contributed by atoms with van der Waals surface area (Å²) in [7, 11) is 0. The molecule has 3 rings (SSSR count). The molecule has 0 aromatic heterocycles. The highest BCUT2D eigenvalue weighted by atomic mass is 16.4. The fourth-order valence-corrected chi connectivity index (χ4v) is 4.01. The van der Waals surface area contributed by atoms with Crippen LogP contribution in [0.15, 0.2) is 18.2 Å². The first-order valence-electron chi connectivity index (χ1n) is 9.70. The summed E-state index contributed by atoms with van der Waals surface area (Å²) in [5, 5.41) is 9.36. The standard InChI is InChI=1S/C21H28N2O4/c1-13-9-14(2)11-17(10-13)19(24)22-8-4-5-16(12-22)20(25)23(18-6-7-18)15(3)21(26)27/h9-11,15-16,18H,4-8,12H2,1-3H3,(H,26,27). The molecule has 0 radical (unpaired) electrons. The average molecular weight is 372 g/mol. The number of hydrogen-bond acceptors (Lipinski definition) is 3. The summed E-state index contributed by atoms with van der Waals surface area (Å²) < 4.78 is 0. The molecule has 1 aliphatic carbocycles. The molecule has 1 heterocycles. The number of hydrogen-bond donors (Lipinski definition) is 1. The fraction of sp³-hybridized carbons (Fsp3) is 0.571. The van der Waals surface area contributed by atoms with E-state index in [0.29, 0.717) is 25.1 Å². The van der Waals surface area contributed by atoms with Crippen molar-refractivity contribution >= 4 is 17.8 Å². The van der Waals surface area contributed by atoms with Crippen LogP contribution in [0.1, 0.15) is 54.1 Å². The number of aliphatic carboxylic acids is 1. The summed E-state index contributed by atoms with van der Waals surface area (Å²) in [6.45, 7) is 6.49. The van der Waals surface area contributed by atoms with Crippen molar-refractivity contribution in [3.05, 3.63) is 34.9 Å². The molecule has 2 unspecified atom stereocenters. The monoisotopic (exact) mass is 372 g/mol. The maximum Gasteiger partial charge on any atom is 0.326 e. The molecular weight excluding hydrogens is 344 g/mol. The van der Waals surface area contributed by atoms with E-state index < -0.39 is 12.0 Å². The maximum atomic E-state index is 13.1. The number of benzene rings is 1. The van der Waals surface area contributed by atoms with Crippen LogP contribution in [0.3, 0.4) is 0 Å². The van der Waals surface area contributed by atoms with E-state index in [4.69, 9.17) is 0 Å². The molecule has 1 saturated heterocycles. The Kier molecular flexibility index (Phi) is 5.53. The second kappa shape index (κ2) is 7.71. The van der Waals surface area contributed by atoms with Crippen molar-refractivity contribution in [3.63, 3.8) is 0 Å². The van der Waals surface area contributed by atoms with Crippen molar-refractivity contribution in [2.24, 2.45) is 5.92 Å². The second-order valence-corrected chi connectivity index (χ2v) is 7.96. The fourth-order valence-electron chi connectivity index (χ4n) is 4.01. The Balaban J connectivity index is 1.74. The lowest BCUT2D eigenvalue weighted by atomic mass is 9.94. The van der Waals surface area contributed by atoms with Crippen LogP contribution in [-0.4, -0.2) is 57.9 Å². The second-order valence-electron chi connectivity index (χ2n) is 7.96. The summed E-state index contributed by atoms with van der Waals surface area (Å²) in [6, 6.07) is 5.00. The Labute approximate surface area is 160 Å². The van der Waals surface area contributed by atoms with E-state index in [9.17, 15) is 19.5 Å². The third kappa shape index (κ3) is 4.31. The lowest BCUT2D eigenvalue weighted by Gasteiger charge is -2.36. The molecule has 0 bridgehead atoms. The van der Waals surface area contributed by atoms with Crippen molar-refractivity contribution in [2.75, 3.05) is 13.1 Å². The molecular formula is C21H28N2O4. The molecule has 2 aliphatic rings. The van der Waals surface area contributed by atoms with Gasteiger partial charge >= 0.3 is 5.97 Å². The molecule has 1 aromatic rings. The highest BCUT2D eigenvalue weighted by molar-refractivity contribution is 5.95. The molecule has 1 saturated carbocycles. The number of nitrogens with zero attached hydrogens (tertiary/aromatic N) is 2. The Morgan fingerprint density at radius 1 is 1.11 bits per heavy atom. The number of rotatable bonds is 5. The molecule has 1 aliphatic heterocycles. The van der Waals surface area contributed by atoms with Gasteiger partial charge in [-0.3, -0.25) is 9.59 Å². The maximum absolute atomic E-state index is 13.1. The number of carboxylic acids is 1. The molecule has 2 atom stereocenters. The van der Waals surface area contributed by atoms with E-state index in [0.717, 1.165) is 30.4 Å². The first-order valence-corrected chi connectivity index (χ1v) is 9.70. The average Bonchev–Trinajstić information content (AvgIpc) is 3.45. The van der Waals surface area contributed by atoms with Gasteiger partial charge in [-0.2, -0.15) is 0 Å². The van der Waals surface area contributed by atoms with Crippen molar-refractivity contribution in [1.82, 2.24) is 9.80 Å². The molecule has 0 spiro atoms. The first-order chi connectivity index (χ1) is 12.8. The molecule has 1 N–H and O–H groups in total. The van der Waals surface area contributed by atoms with Crippen LogP contribution in [-0.2, 0) is 9.59 Å². The number of piperidine rings is 1. The third-order valence-corrected chi connectivity index (χ3v) is 5.50. The van der Waals surface area contributed by atoms with Gasteiger partial charge in [0, 0.05) is 24.7 Å². The van der Waals surface area contributed by atoms with Crippen molar-refractivity contribution < 1.29 is 19.5 Å². The van der Waals surface area contributed by atoms with E-state index in [1.807, 2.05) is 32.0 Å². The van der Waals surface area contributed by atoms with Crippen molar-refractivity contribution in [3.8, 4) is 0 Å². The van der Waals surface area contributed by atoms with E-state index in [1.165, 1.54) is 4.90 Å². The van der Waals surface area contributed by atoms with E-state index in [-0.39, 0.29) is 23.8 Å². The van der Waals surface area contributed by atoms with E-state index >= 15 is 0 Å². The van der Waals surface area contributed by atoms with E-state index in [2.05, 4.69) is 0 Å². The minimum atomic E-state index is -0.978. The van der Waals surface area contributed by atoms with Crippen LogP contribution in [0.25, 0.3) is 0 Å². The number of carboxylic acid groups (broad SMARTS) is 1. The van der Waals surface area contributed by atoms with Gasteiger partial charge in [0.25, 0.3) is 5.91 Å². The Morgan fingerprint density at radius 3 is 2.30 bits per heavy atom. The predicted octanol–water partition coefficient (Wildman–Crippen LogP) is 2.62. The molecule has 6 heteroatoms. The normalized spacial score (nSPS) is 20.9. The number of amides is 2. The van der Waals surface area contributed by atoms with Gasteiger partial charge in [-0.25, -0.2) is 4.79 Å². The largest absolute Gasteiger partial charge is 0.480 e. The van der Waals surface area contributed by atoms with Crippen LogP contribution in [0.2, 0.25) is 0 Å². The minimum absolute atomic E-state index is 0.0362. The Morgan fingerprint density at radius 2 is 1.74 bits per heavy atom. The van der Waals surface area contributed by atoms with Gasteiger partial charge in [0.15, 0.2) is 0 Å². The van der Waals surface area contributed by atoms with Crippen LogP contribution in [0.4, 0.5) is 0 Å². The summed E-state index contributed by atoms with van der Waals surface area (Å²) in [6.07, 6.45) is 3.18. The number of carbonyl (C=O) groups excluding carboxylic acids is 2. The van der Waals surface area contributed by atoms with Crippen molar-refractivity contribution in [2.45, 2.75) is 58.5 Å². The van der Waals surface area contributed by atoms with Gasteiger partial charge in [0.1, 0.15) is 6.04 Å². The highest BCUT2D eigenvalue weighted by Gasteiger charge is 2.42. The molecule has 6 nitrogen and oxygen atoms in total. The molecule has 146 valence electrons. The van der Waals surface area contributed by atoms with Crippen LogP contribution >= 0.6 is 0 Å². The lowest BCUT2D eigenvalue weighted by molar-refractivity contribution is -0.152. The minimum Gasteiger partial charge on any atom is -0.480 e. The molecule has 27 heavy (non-hydrogen) atoms. The number of likely N-dealkylation sites (tertiary alicyclic amines) is 1. The van der Waals surface area contributed by atoms with Gasteiger partial charge in [-0.05, 0) is 58.6 Å². The molecule has 2 fully saturated rings.